The molecule has 1 amide bonds. The highest BCUT2D eigenvalue weighted by atomic mass is 32.2. The molecule has 0 aliphatic rings. The van der Waals surface area contributed by atoms with Crippen LogP contribution < -0.4 is 10.0 Å². The van der Waals surface area contributed by atoms with Crippen molar-refractivity contribution in [3.63, 3.8) is 0 Å². The van der Waals surface area contributed by atoms with Gasteiger partial charge in [-0.05, 0) is 55.7 Å². The Kier molecular flexibility index (Phi) is 5.85. The summed E-state index contributed by atoms with van der Waals surface area (Å²) in [6.45, 7) is 7.80. The standard InChI is InChI=1S/C19H24N2O3S/c1-13(2)15(4)20-19(22)16-10-11-18(14(3)12-16)21-25(23,24)17-8-6-5-7-9-17/h5-13,15,21H,1-4H3,(H,20,22)/t15-/m1/s1. The fourth-order valence-electron chi connectivity index (χ4n) is 2.18. The summed E-state index contributed by atoms with van der Waals surface area (Å²) in [7, 11) is -3.65. The van der Waals surface area contributed by atoms with Crippen molar-refractivity contribution in [2.75, 3.05) is 4.72 Å². The third-order valence-corrected chi connectivity index (χ3v) is 5.53. The third kappa shape index (κ3) is 4.82. The van der Waals surface area contributed by atoms with Crippen LogP contribution in [-0.2, 0) is 10.0 Å². The second-order valence-corrected chi connectivity index (χ2v) is 8.14. The molecule has 0 radical (unpaired) electrons. The first-order valence-corrected chi connectivity index (χ1v) is 9.68. The molecular weight excluding hydrogens is 336 g/mol. The number of carbonyl (C=O) groups excluding carboxylic acids is 1. The predicted molar refractivity (Wildman–Crippen MR) is 100 cm³/mol. The molecule has 0 spiro atoms. The molecule has 1 atom stereocenters. The molecule has 0 saturated heterocycles. The lowest BCUT2D eigenvalue weighted by Crippen LogP contribution is -2.36. The number of anilines is 1. The minimum atomic E-state index is -3.65. The van der Waals surface area contributed by atoms with Crippen LogP contribution >= 0.6 is 0 Å². The Labute approximate surface area is 149 Å². The first-order valence-electron chi connectivity index (χ1n) is 8.20. The average Bonchev–Trinajstić information content (AvgIpc) is 2.57. The maximum Gasteiger partial charge on any atom is 0.261 e. The zero-order valence-corrected chi connectivity index (χ0v) is 15.7. The Morgan fingerprint density at radius 1 is 1.00 bits per heavy atom. The number of nitrogens with one attached hydrogen (secondary N) is 2. The van der Waals surface area contributed by atoms with E-state index >= 15 is 0 Å². The number of rotatable bonds is 6. The normalized spacial score (nSPS) is 12.7. The van der Waals surface area contributed by atoms with Crippen molar-refractivity contribution in [3.8, 4) is 0 Å². The van der Waals surface area contributed by atoms with Gasteiger partial charge in [0.15, 0.2) is 0 Å². The summed E-state index contributed by atoms with van der Waals surface area (Å²) in [6.07, 6.45) is 0. The molecule has 134 valence electrons. The van der Waals surface area contributed by atoms with Gasteiger partial charge in [-0.1, -0.05) is 32.0 Å². The molecule has 2 aromatic rings. The quantitative estimate of drug-likeness (QED) is 0.827. The van der Waals surface area contributed by atoms with Crippen LogP contribution in [-0.4, -0.2) is 20.4 Å². The van der Waals surface area contributed by atoms with E-state index in [1.807, 2.05) is 20.8 Å². The van der Waals surface area contributed by atoms with Crippen molar-refractivity contribution in [1.29, 1.82) is 0 Å². The number of carbonyl (C=O) groups is 1. The number of amides is 1. The first-order chi connectivity index (χ1) is 11.7. The van der Waals surface area contributed by atoms with Crippen LogP contribution in [0, 0.1) is 12.8 Å². The third-order valence-electron chi connectivity index (χ3n) is 4.15. The number of sulfonamides is 1. The van der Waals surface area contributed by atoms with Gasteiger partial charge in [-0.2, -0.15) is 0 Å². The van der Waals surface area contributed by atoms with E-state index in [1.54, 1.807) is 43.3 Å². The molecule has 0 aliphatic carbocycles. The first kappa shape index (κ1) is 19.0. The summed E-state index contributed by atoms with van der Waals surface area (Å²) < 4.78 is 27.4. The number of hydrogen-bond acceptors (Lipinski definition) is 3. The van der Waals surface area contributed by atoms with E-state index in [4.69, 9.17) is 0 Å². The maximum atomic E-state index is 12.4. The van der Waals surface area contributed by atoms with Crippen molar-refractivity contribution in [2.24, 2.45) is 5.92 Å². The van der Waals surface area contributed by atoms with Gasteiger partial charge >= 0.3 is 0 Å². The Morgan fingerprint density at radius 3 is 2.20 bits per heavy atom. The smallest absolute Gasteiger partial charge is 0.261 e. The summed E-state index contributed by atoms with van der Waals surface area (Å²) in [6, 6.07) is 13.2. The van der Waals surface area contributed by atoms with Gasteiger partial charge in [0.25, 0.3) is 15.9 Å². The molecule has 0 unspecified atom stereocenters. The van der Waals surface area contributed by atoms with Gasteiger partial charge in [0.1, 0.15) is 0 Å². The molecule has 2 rings (SSSR count). The summed E-state index contributed by atoms with van der Waals surface area (Å²) in [5.74, 6) is 0.170. The van der Waals surface area contributed by atoms with E-state index in [9.17, 15) is 13.2 Å². The highest BCUT2D eigenvalue weighted by molar-refractivity contribution is 7.92. The van der Waals surface area contributed by atoms with Crippen LogP contribution in [0.25, 0.3) is 0 Å². The van der Waals surface area contributed by atoms with E-state index in [1.165, 1.54) is 12.1 Å². The van der Waals surface area contributed by atoms with Crippen LogP contribution in [0.4, 0.5) is 5.69 Å². The minimum absolute atomic E-state index is 0.0593. The van der Waals surface area contributed by atoms with E-state index in [0.717, 1.165) is 0 Å². The molecule has 25 heavy (non-hydrogen) atoms. The predicted octanol–water partition coefficient (Wildman–Crippen LogP) is 3.57. The van der Waals surface area contributed by atoms with Crippen LogP contribution in [0.2, 0.25) is 0 Å². The zero-order chi connectivity index (χ0) is 18.6. The lowest BCUT2D eigenvalue weighted by molar-refractivity contribution is 0.0930. The summed E-state index contributed by atoms with van der Waals surface area (Å²) >= 11 is 0. The van der Waals surface area contributed by atoms with E-state index in [2.05, 4.69) is 10.0 Å². The molecular formula is C19H24N2O3S. The van der Waals surface area contributed by atoms with Crippen LogP contribution in [0.3, 0.4) is 0 Å². The minimum Gasteiger partial charge on any atom is -0.349 e. The van der Waals surface area contributed by atoms with Crippen molar-refractivity contribution >= 4 is 21.6 Å². The molecule has 0 heterocycles. The number of hydrogen-bond donors (Lipinski definition) is 2. The SMILES string of the molecule is Cc1cc(C(=O)N[C@H](C)C(C)C)ccc1NS(=O)(=O)c1ccccc1. The molecule has 0 aromatic heterocycles. The van der Waals surface area contributed by atoms with Crippen molar-refractivity contribution in [1.82, 2.24) is 5.32 Å². The van der Waals surface area contributed by atoms with Gasteiger partial charge in [0.2, 0.25) is 0 Å². The Morgan fingerprint density at radius 2 is 1.64 bits per heavy atom. The molecule has 2 aromatic carbocycles. The fourth-order valence-corrected chi connectivity index (χ4v) is 3.33. The topological polar surface area (TPSA) is 75.3 Å². The van der Waals surface area contributed by atoms with E-state index < -0.39 is 10.0 Å². The highest BCUT2D eigenvalue weighted by Gasteiger charge is 2.17. The van der Waals surface area contributed by atoms with Gasteiger partial charge in [0.05, 0.1) is 10.6 Å². The van der Waals surface area contributed by atoms with Crippen molar-refractivity contribution < 1.29 is 13.2 Å². The summed E-state index contributed by atoms with van der Waals surface area (Å²) in [4.78, 5) is 12.5. The second-order valence-electron chi connectivity index (χ2n) is 6.45. The van der Waals surface area contributed by atoms with E-state index in [0.29, 0.717) is 22.7 Å². The maximum absolute atomic E-state index is 12.4. The fraction of sp³-hybridized carbons (Fsp3) is 0.316. The molecule has 5 nitrogen and oxygen atoms in total. The van der Waals surface area contributed by atoms with Crippen molar-refractivity contribution in [3.05, 3.63) is 59.7 Å². The van der Waals surface area contributed by atoms with Crippen LogP contribution in [0.1, 0.15) is 36.7 Å². The van der Waals surface area contributed by atoms with Gasteiger partial charge in [-0.15, -0.1) is 0 Å². The molecule has 2 N–H and O–H groups in total. The van der Waals surface area contributed by atoms with Gasteiger partial charge in [-0.3, -0.25) is 9.52 Å². The Bertz CT molecular complexity index is 846. The lowest BCUT2D eigenvalue weighted by Gasteiger charge is -2.18. The van der Waals surface area contributed by atoms with E-state index in [-0.39, 0.29) is 16.8 Å². The molecule has 0 bridgehead atoms. The molecule has 0 saturated carbocycles. The molecule has 0 aliphatic heterocycles. The molecule has 0 fully saturated rings. The molecule has 6 heteroatoms. The number of benzene rings is 2. The zero-order valence-electron chi connectivity index (χ0n) is 14.9. The van der Waals surface area contributed by atoms with Crippen LogP contribution in [0.15, 0.2) is 53.4 Å². The van der Waals surface area contributed by atoms with Crippen molar-refractivity contribution in [2.45, 2.75) is 38.6 Å². The van der Waals surface area contributed by atoms with Crippen LogP contribution in [0.5, 0.6) is 0 Å². The Hall–Kier alpha value is -2.34. The second kappa shape index (κ2) is 7.70. The van der Waals surface area contributed by atoms with Gasteiger partial charge < -0.3 is 5.32 Å². The van der Waals surface area contributed by atoms with Gasteiger partial charge in [0, 0.05) is 11.6 Å². The monoisotopic (exact) mass is 360 g/mol. The number of aryl methyl sites for hydroxylation is 1. The summed E-state index contributed by atoms with van der Waals surface area (Å²) in [5.41, 5.74) is 1.65. The lowest BCUT2D eigenvalue weighted by atomic mass is 10.0. The highest BCUT2D eigenvalue weighted by Crippen LogP contribution is 2.21. The largest absolute Gasteiger partial charge is 0.349 e. The Balaban J connectivity index is 2.19. The van der Waals surface area contributed by atoms with Gasteiger partial charge in [-0.25, -0.2) is 8.42 Å². The average molecular weight is 360 g/mol. The summed E-state index contributed by atoms with van der Waals surface area (Å²) in [5, 5.41) is 2.94.